The van der Waals surface area contributed by atoms with E-state index in [1.165, 1.54) is 0 Å². The number of aromatic nitrogens is 2. The molecule has 1 atom stereocenters. The highest BCUT2D eigenvalue weighted by atomic mass is 16.5. The largest absolute Gasteiger partial charge is 0.497 e. The maximum absolute atomic E-state index is 12.7. The van der Waals surface area contributed by atoms with Crippen LogP contribution in [0.5, 0.6) is 5.75 Å². The van der Waals surface area contributed by atoms with E-state index in [1.54, 1.807) is 13.3 Å². The van der Waals surface area contributed by atoms with Gasteiger partial charge in [-0.25, -0.2) is 0 Å². The number of nitrogens with one attached hydrogen (secondary N) is 1. The van der Waals surface area contributed by atoms with Gasteiger partial charge in [-0.1, -0.05) is 6.07 Å². The lowest BCUT2D eigenvalue weighted by molar-refractivity contribution is 0.0932. The van der Waals surface area contributed by atoms with Gasteiger partial charge in [-0.2, -0.15) is 0 Å². The summed E-state index contributed by atoms with van der Waals surface area (Å²) in [5, 5.41) is 4.06. The summed E-state index contributed by atoms with van der Waals surface area (Å²) in [6.45, 7) is 4.03. The first-order chi connectivity index (χ1) is 12.0. The first-order valence-electron chi connectivity index (χ1n) is 8.34. The first-order valence-corrected chi connectivity index (χ1v) is 8.34. The maximum Gasteiger partial charge on any atom is 0.268 e. The topological polar surface area (TPSA) is 56.1 Å². The molecule has 1 N–H and O–H groups in total. The minimum absolute atomic E-state index is 0.00588. The van der Waals surface area contributed by atoms with Crippen molar-refractivity contribution in [1.29, 1.82) is 0 Å². The van der Waals surface area contributed by atoms with Crippen molar-refractivity contribution in [3.63, 3.8) is 0 Å². The van der Waals surface area contributed by atoms with Gasteiger partial charge in [-0.05, 0) is 49.7 Å². The molecule has 3 aromatic rings. The predicted octanol–water partition coefficient (Wildman–Crippen LogP) is 3.25. The van der Waals surface area contributed by atoms with E-state index in [0.29, 0.717) is 12.1 Å². The Bertz CT molecular complexity index is 914. The average molecular weight is 337 g/mol. The molecule has 0 aliphatic heterocycles. The highest BCUT2D eigenvalue weighted by Gasteiger charge is 2.16. The Labute approximate surface area is 147 Å². The molecular formula is C20H23N3O2. The number of carbonyl (C=O) groups excluding carboxylic acids is 1. The number of hydrogen-bond donors (Lipinski definition) is 1. The van der Waals surface area contributed by atoms with Crippen LogP contribution in [0, 0.1) is 6.92 Å². The van der Waals surface area contributed by atoms with Crippen LogP contribution in [-0.2, 0) is 13.5 Å². The number of carbonyl (C=O) groups is 1. The van der Waals surface area contributed by atoms with E-state index in [-0.39, 0.29) is 11.9 Å². The summed E-state index contributed by atoms with van der Waals surface area (Å²) in [5.41, 5.74) is 3.78. The molecule has 0 spiro atoms. The zero-order valence-corrected chi connectivity index (χ0v) is 15.0. The molecule has 0 unspecified atom stereocenters. The molecule has 1 amide bonds. The molecule has 0 radical (unpaired) electrons. The monoisotopic (exact) mass is 337 g/mol. The van der Waals surface area contributed by atoms with Crippen LogP contribution in [0.15, 0.2) is 42.6 Å². The Morgan fingerprint density at radius 1 is 1.32 bits per heavy atom. The molecule has 2 heterocycles. The number of pyridine rings is 1. The van der Waals surface area contributed by atoms with Crippen LogP contribution >= 0.6 is 0 Å². The lowest BCUT2D eigenvalue weighted by atomic mass is 10.1. The van der Waals surface area contributed by atoms with Gasteiger partial charge in [0.25, 0.3) is 5.91 Å². The van der Waals surface area contributed by atoms with Crippen molar-refractivity contribution in [1.82, 2.24) is 14.9 Å². The third kappa shape index (κ3) is 3.50. The van der Waals surface area contributed by atoms with Gasteiger partial charge in [-0.15, -0.1) is 0 Å². The summed E-state index contributed by atoms with van der Waals surface area (Å²) in [4.78, 5) is 17.1. The molecule has 0 saturated heterocycles. The smallest absolute Gasteiger partial charge is 0.268 e. The van der Waals surface area contributed by atoms with E-state index in [0.717, 1.165) is 27.9 Å². The fraction of sp³-hybridized carbons (Fsp3) is 0.300. The van der Waals surface area contributed by atoms with Crippen molar-refractivity contribution >= 4 is 16.8 Å². The summed E-state index contributed by atoms with van der Waals surface area (Å²) in [6, 6.07) is 11.6. The molecule has 5 nitrogen and oxygen atoms in total. The Kier molecular flexibility index (Phi) is 4.74. The standard InChI is InChI=1S/C20H23N3O2/c1-13-6-5-9-21-17(13)10-14(2)22-20(24)19-12-15-11-16(25-4)7-8-18(15)23(19)3/h5-9,11-12,14H,10H2,1-4H3,(H,22,24)/t14-/m1/s1. The van der Waals surface area contributed by atoms with Gasteiger partial charge in [-0.3, -0.25) is 9.78 Å². The van der Waals surface area contributed by atoms with Gasteiger partial charge in [0.1, 0.15) is 11.4 Å². The second-order valence-electron chi connectivity index (χ2n) is 6.36. The fourth-order valence-corrected chi connectivity index (χ4v) is 3.04. The number of hydrogen-bond acceptors (Lipinski definition) is 3. The molecule has 0 aliphatic carbocycles. The predicted molar refractivity (Wildman–Crippen MR) is 99.1 cm³/mol. The van der Waals surface area contributed by atoms with Gasteiger partial charge in [0.15, 0.2) is 0 Å². The highest BCUT2D eigenvalue weighted by molar-refractivity contribution is 5.99. The number of methoxy groups -OCH3 is 1. The van der Waals surface area contributed by atoms with Crippen molar-refractivity contribution in [2.75, 3.05) is 7.11 Å². The summed E-state index contributed by atoms with van der Waals surface area (Å²) < 4.78 is 7.16. The van der Waals surface area contributed by atoms with Crippen LogP contribution in [0.2, 0.25) is 0 Å². The molecule has 130 valence electrons. The Balaban J connectivity index is 1.77. The van der Waals surface area contributed by atoms with Crippen LogP contribution in [-0.4, -0.2) is 28.6 Å². The van der Waals surface area contributed by atoms with E-state index in [2.05, 4.69) is 10.3 Å². The number of fused-ring (bicyclic) bond motifs is 1. The number of rotatable bonds is 5. The zero-order valence-electron chi connectivity index (χ0n) is 15.0. The number of nitrogens with zero attached hydrogens (tertiary/aromatic N) is 2. The first kappa shape index (κ1) is 17.0. The SMILES string of the molecule is COc1ccc2c(c1)cc(C(=O)N[C@H](C)Cc1ncccc1C)n2C. The Morgan fingerprint density at radius 3 is 2.84 bits per heavy atom. The van der Waals surface area contributed by atoms with Gasteiger partial charge in [0.05, 0.1) is 7.11 Å². The Morgan fingerprint density at radius 2 is 2.12 bits per heavy atom. The summed E-state index contributed by atoms with van der Waals surface area (Å²) in [5.74, 6) is 0.697. The zero-order chi connectivity index (χ0) is 18.0. The number of aryl methyl sites for hydroxylation is 2. The molecule has 2 aromatic heterocycles. The van der Waals surface area contributed by atoms with Crippen molar-refractivity contribution in [2.24, 2.45) is 7.05 Å². The van der Waals surface area contributed by atoms with E-state index in [4.69, 9.17) is 4.74 Å². The number of ether oxygens (including phenoxy) is 1. The van der Waals surface area contributed by atoms with Crippen LogP contribution in [0.3, 0.4) is 0 Å². The lowest BCUT2D eigenvalue weighted by Gasteiger charge is -2.15. The van der Waals surface area contributed by atoms with Crippen molar-refractivity contribution in [3.8, 4) is 5.75 Å². The molecule has 25 heavy (non-hydrogen) atoms. The average Bonchev–Trinajstić information content (AvgIpc) is 2.93. The second kappa shape index (κ2) is 6.97. The number of amides is 1. The summed E-state index contributed by atoms with van der Waals surface area (Å²) in [6.07, 6.45) is 2.49. The molecule has 0 aliphatic rings. The van der Waals surface area contributed by atoms with E-state index < -0.39 is 0 Å². The quantitative estimate of drug-likeness (QED) is 0.777. The van der Waals surface area contributed by atoms with E-state index in [1.807, 2.05) is 61.9 Å². The van der Waals surface area contributed by atoms with E-state index in [9.17, 15) is 4.79 Å². The second-order valence-corrected chi connectivity index (χ2v) is 6.36. The third-order valence-corrected chi connectivity index (χ3v) is 4.48. The van der Waals surface area contributed by atoms with Crippen molar-refractivity contribution < 1.29 is 9.53 Å². The summed E-state index contributed by atoms with van der Waals surface area (Å²) in [7, 11) is 3.54. The molecule has 0 bridgehead atoms. The molecule has 5 heteroatoms. The highest BCUT2D eigenvalue weighted by Crippen LogP contribution is 2.23. The van der Waals surface area contributed by atoms with Gasteiger partial charge in [0.2, 0.25) is 0 Å². The van der Waals surface area contributed by atoms with Crippen LogP contribution < -0.4 is 10.1 Å². The van der Waals surface area contributed by atoms with Gasteiger partial charge < -0.3 is 14.6 Å². The molecule has 0 saturated carbocycles. The van der Waals surface area contributed by atoms with Crippen LogP contribution in [0.4, 0.5) is 0 Å². The number of benzene rings is 1. The lowest BCUT2D eigenvalue weighted by Crippen LogP contribution is -2.35. The van der Waals surface area contributed by atoms with E-state index >= 15 is 0 Å². The molecule has 0 fully saturated rings. The normalized spacial score (nSPS) is 12.2. The molecule has 3 rings (SSSR count). The molecular weight excluding hydrogens is 314 g/mol. The van der Waals surface area contributed by atoms with Crippen molar-refractivity contribution in [2.45, 2.75) is 26.3 Å². The van der Waals surface area contributed by atoms with Crippen LogP contribution in [0.1, 0.15) is 28.7 Å². The minimum Gasteiger partial charge on any atom is -0.497 e. The van der Waals surface area contributed by atoms with Crippen molar-refractivity contribution in [3.05, 3.63) is 59.5 Å². The summed E-state index contributed by atoms with van der Waals surface area (Å²) >= 11 is 0. The fourth-order valence-electron chi connectivity index (χ4n) is 3.04. The third-order valence-electron chi connectivity index (χ3n) is 4.48. The molecule has 1 aromatic carbocycles. The van der Waals surface area contributed by atoms with Crippen LogP contribution in [0.25, 0.3) is 10.9 Å². The van der Waals surface area contributed by atoms with Gasteiger partial charge >= 0.3 is 0 Å². The Hall–Kier alpha value is -2.82. The minimum atomic E-state index is -0.0845. The van der Waals surface area contributed by atoms with Gasteiger partial charge in [0, 0.05) is 42.3 Å². The maximum atomic E-state index is 12.7.